The van der Waals surface area contributed by atoms with Crippen molar-refractivity contribution in [1.29, 1.82) is 0 Å². The Hall–Kier alpha value is -1.59. The molecule has 0 aromatic heterocycles. The quantitative estimate of drug-likeness (QED) is 0.600. The topological polar surface area (TPSA) is 70.6 Å². The molecule has 118 valence electrons. The van der Waals surface area contributed by atoms with E-state index in [1.807, 2.05) is 24.3 Å². The van der Waals surface area contributed by atoms with Crippen LogP contribution in [0, 0.1) is 0 Å². The normalized spacial score (nSPS) is 12.2. The molecule has 1 rings (SSSR count). The number of hydrogen-bond donors (Lipinski definition) is 3. The maximum absolute atomic E-state index is 10.7. The van der Waals surface area contributed by atoms with Gasteiger partial charge >= 0.3 is 0 Å². The van der Waals surface area contributed by atoms with Gasteiger partial charge in [-0.1, -0.05) is 32.0 Å². The van der Waals surface area contributed by atoms with Gasteiger partial charge in [0.2, 0.25) is 5.91 Å². The average molecular weight is 294 g/mol. The third-order valence-electron chi connectivity index (χ3n) is 3.03. The summed E-state index contributed by atoms with van der Waals surface area (Å²) in [6.45, 7) is 7.57. The summed E-state index contributed by atoms with van der Waals surface area (Å²) in [6, 6.07) is 7.88. The first-order chi connectivity index (χ1) is 10.0. The molecule has 1 atom stereocenters. The predicted octanol–water partition coefficient (Wildman–Crippen LogP) is 1.28. The summed E-state index contributed by atoms with van der Waals surface area (Å²) < 4.78 is 5.70. The van der Waals surface area contributed by atoms with Crippen LogP contribution in [0.4, 0.5) is 0 Å². The molecule has 0 saturated carbocycles. The van der Waals surface area contributed by atoms with Crippen LogP contribution in [0.25, 0.3) is 0 Å². The van der Waals surface area contributed by atoms with Crippen LogP contribution in [0.5, 0.6) is 5.75 Å². The average Bonchev–Trinajstić information content (AvgIpc) is 2.44. The number of carbonyl (C=O) groups is 1. The summed E-state index contributed by atoms with van der Waals surface area (Å²) in [5.41, 5.74) is 1.14. The molecule has 1 aromatic rings. The Labute approximate surface area is 126 Å². The van der Waals surface area contributed by atoms with Gasteiger partial charge in [-0.15, -0.1) is 0 Å². The third-order valence-corrected chi connectivity index (χ3v) is 3.03. The number of carbonyl (C=O) groups excluding carboxylic acids is 1. The lowest BCUT2D eigenvalue weighted by molar-refractivity contribution is -0.118. The minimum atomic E-state index is -0.581. The highest BCUT2D eigenvalue weighted by atomic mass is 16.5. The number of ether oxygens (including phenoxy) is 1. The van der Waals surface area contributed by atoms with E-state index in [2.05, 4.69) is 24.5 Å². The summed E-state index contributed by atoms with van der Waals surface area (Å²) in [6.07, 6.45) is -0.581. The highest BCUT2D eigenvalue weighted by molar-refractivity contribution is 5.72. The highest BCUT2D eigenvalue weighted by Gasteiger charge is 2.09. The predicted molar refractivity (Wildman–Crippen MR) is 83.6 cm³/mol. The van der Waals surface area contributed by atoms with E-state index in [0.717, 1.165) is 11.3 Å². The molecule has 3 N–H and O–H groups in total. The second kappa shape index (κ2) is 9.37. The SMILES string of the molecule is CC(=O)NCCNCC(O)COc1ccccc1C(C)C. The molecule has 0 aliphatic carbocycles. The molecule has 0 fully saturated rings. The lowest BCUT2D eigenvalue weighted by Gasteiger charge is -2.17. The zero-order chi connectivity index (χ0) is 15.7. The first kappa shape index (κ1) is 17.5. The lowest BCUT2D eigenvalue weighted by Crippen LogP contribution is -2.36. The van der Waals surface area contributed by atoms with E-state index in [1.54, 1.807) is 0 Å². The molecule has 0 aliphatic heterocycles. The molecule has 0 heterocycles. The van der Waals surface area contributed by atoms with Crippen LogP contribution in [0.3, 0.4) is 0 Å². The zero-order valence-electron chi connectivity index (χ0n) is 13.1. The summed E-state index contributed by atoms with van der Waals surface area (Å²) in [5.74, 6) is 1.16. The van der Waals surface area contributed by atoms with E-state index in [-0.39, 0.29) is 12.5 Å². The monoisotopic (exact) mass is 294 g/mol. The summed E-state index contributed by atoms with van der Waals surface area (Å²) >= 11 is 0. The van der Waals surface area contributed by atoms with Crippen LogP contribution in [0.2, 0.25) is 0 Å². The molecule has 1 amide bonds. The van der Waals surface area contributed by atoms with Crippen molar-refractivity contribution in [3.8, 4) is 5.75 Å². The second-order valence-electron chi connectivity index (χ2n) is 5.34. The Kier molecular flexibility index (Phi) is 7.79. The Morgan fingerprint density at radius 2 is 2.00 bits per heavy atom. The van der Waals surface area contributed by atoms with Crippen molar-refractivity contribution in [2.75, 3.05) is 26.2 Å². The van der Waals surface area contributed by atoms with Crippen molar-refractivity contribution in [1.82, 2.24) is 10.6 Å². The van der Waals surface area contributed by atoms with Crippen LogP contribution in [0.1, 0.15) is 32.3 Å². The van der Waals surface area contributed by atoms with Crippen LogP contribution in [-0.2, 0) is 4.79 Å². The smallest absolute Gasteiger partial charge is 0.216 e. The van der Waals surface area contributed by atoms with Crippen LogP contribution in [0.15, 0.2) is 24.3 Å². The van der Waals surface area contributed by atoms with Gasteiger partial charge in [-0.2, -0.15) is 0 Å². The molecular formula is C16H26N2O3. The Morgan fingerprint density at radius 3 is 2.67 bits per heavy atom. The molecule has 0 bridgehead atoms. The zero-order valence-corrected chi connectivity index (χ0v) is 13.1. The minimum absolute atomic E-state index is 0.0500. The van der Waals surface area contributed by atoms with E-state index >= 15 is 0 Å². The van der Waals surface area contributed by atoms with Crippen molar-refractivity contribution >= 4 is 5.91 Å². The van der Waals surface area contributed by atoms with Gasteiger partial charge in [0.1, 0.15) is 18.5 Å². The largest absolute Gasteiger partial charge is 0.491 e. The van der Waals surface area contributed by atoms with Gasteiger partial charge < -0.3 is 20.5 Å². The van der Waals surface area contributed by atoms with E-state index in [0.29, 0.717) is 25.6 Å². The number of para-hydroxylation sites is 1. The number of aliphatic hydroxyl groups excluding tert-OH is 1. The molecule has 5 heteroatoms. The van der Waals surface area contributed by atoms with Crippen LogP contribution >= 0.6 is 0 Å². The van der Waals surface area contributed by atoms with Gasteiger partial charge in [0.05, 0.1) is 0 Å². The Bertz CT molecular complexity index is 435. The first-order valence-electron chi connectivity index (χ1n) is 7.35. The van der Waals surface area contributed by atoms with Gasteiger partial charge in [0.15, 0.2) is 0 Å². The molecule has 1 unspecified atom stereocenters. The maximum atomic E-state index is 10.7. The van der Waals surface area contributed by atoms with Crippen LogP contribution in [-0.4, -0.2) is 43.4 Å². The summed E-state index contributed by atoms with van der Waals surface area (Å²) in [4.78, 5) is 10.7. The fourth-order valence-corrected chi connectivity index (χ4v) is 1.93. The molecule has 5 nitrogen and oxygen atoms in total. The standard InChI is InChI=1S/C16H26N2O3/c1-12(2)15-6-4-5-7-16(15)21-11-14(20)10-17-8-9-18-13(3)19/h4-7,12,14,17,20H,8-11H2,1-3H3,(H,18,19). The van der Waals surface area contributed by atoms with Gasteiger partial charge in [-0.25, -0.2) is 0 Å². The van der Waals surface area contributed by atoms with E-state index < -0.39 is 6.10 Å². The van der Waals surface area contributed by atoms with E-state index in [1.165, 1.54) is 6.92 Å². The molecular weight excluding hydrogens is 268 g/mol. The lowest BCUT2D eigenvalue weighted by atomic mass is 10.0. The van der Waals surface area contributed by atoms with Crippen molar-refractivity contribution in [3.05, 3.63) is 29.8 Å². The van der Waals surface area contributed by atoms with Crippen LogP contribution < -0.4 is 15.4 Å². The van der Waals surface area contributed by atoms with Gasteiger partial charge in [-0.05, 0) is 17.5 Å². The number of rotatable bonds is 9. The van der Waals surface area contributed by atoms with Gasteiger partial charge in [0, 0.05) is 26.6 Å². The fourth-order valence-electron chi connectivity index (χ4n) is 1.93. The highest BCUT2D eigenvalue weighted by Crippen LogP contribution is 2.25. The Morgan fingerprint density at radius 1 is 1.29 bits per heavy atom. The number of nitrogens with one attached hydrogen (secondary N) is 2. The molecule has 0 spiro atoms. The van der Waals surface area contributed by atoms with Crippen molar-refractivity contribution in [2.24, 2.45) is 0 Å². The number of hydrogen-bond acceptors (Lipinski definition) is 4. The van der Waals surface area contributed by atoms with Crippen molar-refractivity contribution < 1.29 is 14.6 Å². The van der Waals surface area contributed by atoms with Crippen molar-refractivity contribution in [2.45, 2.75) is 32.8 Å². The minimum Gasteiger partial charge on any atom is -0.491 e. The van der Waals surface area contributed by atoms with E-state index in [4.69, 9.17) is 4.74 Å². The molecule has 21 heavy (non-hydrogen) atoms. The van der Waals surface area contributed by atoms with Gasteiger partial charge in [-0.3, -0.25) is 4.79 Å². The molecule has 0 radical (unpaired) electrons. The summed E-state index contributed by atoms with van der Waals surface area (Å²) in [5, 5.41) is 15.6. The maximum Gasteiger partial charge on any atom is 0.216 e. The van der Waals surface area contributed by atoms with Gasteiger partial charge in [0.25, 0.3) is 0 Å². The number of amides is 1. The van der Waals surface area contributed by atoms with Crippen molar-refractivity contribution in [3.63, 3.8) is 0 Å². The first-order valence-corrected chi connectivity index (χ1v) is 7.35. The molecule has 0 aliphatic rings. The summed E-state index contributed by atoms with van der Waals surface area (Å²) in [7, 11) is 0. The molecule has 0 saturated heterocycles. The van der Waals surface area contributed by atoms with E-state index in [9.17, 15) is 9.90 Å². The Balaban J connectivity index is 2.27. The number of aliphatic hydroxyl groups is 1. The number of benzene rings is 1. The second-order valence-corrected chi connectivity index (χ2v) is 5.34. The third kappa shape index (κ3) is 7.11. The fraction of sp³-hybridized carbons (Fsp3) is 0.562. The molecule has 1 aromatic carbocycles.